The lowest BCUT2D eigenvalue weighted by molar-refractivity contribution is 0.149. The number of anilines is 1. The summed E-state index contributed by atoms with van der Waals surface area (Å²) < 4.78 is 0. The number of nitrogen functional groups attached to an aromatic ring is 1. The Hall–Kier alpha value is -1.71. The molecule has 1 fully saturated rings. The molecule has 1 saturated heterocycles. The fourth-order valence-electron chi connectivity index (χ4n) is 2.57. The zero-order chi connectivity index (χ0) is 13.8. The number of amides is 2. The van der Waals surface area contributed by atoms with Crippen molar-refractivity contribution in [3.8, 4) is 0 Å². The maximum absolute atomic E-state index is 12.2. The van der Waals surface area contributed by atoms with Crippen molar-refractivity contribution in [2.75, 3.05) is 12.3 Å². The Morgan fingerprint density at radius 2 is 2.00 bits per heavy atom. The van der Waals surface area contributed by atoms with Crippen LogP contribution in [0.25, 0.3) is 0 Å². The van der Waals surface area contributed by atoms with Crippen LogP contribution in [0.5, 0.6) is 0 Å². The summed E-state index contributed by atoms with van der Waals surface area (Å²) in [4.78, 5) is 14.2. The molecule has 1 aromatic rings. The van der Waals surface area contributed by atoms with E-state index in [4.69, 9.17) is 5.73 Å². The van der Waals surface area contributed by atoms with Gasteiger partial charge in [0.05, 0.1) is 6.04 Å². The van der Waals surface area contributed by atoms with Gasteiger partial charge in [0, 0.05) is 18.3 Å². The number of carbonyl (C=O) groups is 1. The fourth-order valence-corrected chi connectivity index (χ4v) is 2.57. The highest BCUT2D eigenvalue weighted by Gasteiger charge is 2.27. The predicted molar refractivity (Wildman–Crippen MR) is 77.8 cm³/mol. The minimum absolute atomic E-state index is 0.0384. The number of nitrogens with one attached hydrogen (secondary N) is 1. The summed E-state index contributed by atoms with van der Waals surface area (Å²) in [5.74, 6) is 0. The average molecular weight is 261 g/mol. The summed E-state index contributed by atoms with van der Waals surface area (Å²) in [6.45, 7) is 4.80. The lowest BCUT2D eigenvalue weighted by Gasteiger charge is -2.36. The topological polar surface area (TPSA) is 58.4 Å². The van der Waals surface area contributed by atoms with Crippen LogP contribution in [-0.2, 0) is 0 Å². The third-order valence-electron chi connectivity index (χ3n) is 3.50. The van der Waals surface area contributed by atoms with E-state index in [2.05, 4.69) is 5.32 Å². The standard InChI is InChI=1S/C15H23N3O/c1-11(2)17-15(19)18-10-4-3-5-14(18)12-6-8-13(16)9-7-12/h6-9,11,14H,3-5,10,16H2,1-2H3,(H,17,19). The molecular formula is C15H23N3O. The molecule has 0 aromatic heterocycles. The summed E-state index contributed by atoms with van der Waals surface area (Å²) in [6, 6.07) is 8.25. The second-order valence-corrected chi connectivity index (χ2v) is 5.48. The number of nitrogens with zero attached hydrogens (tertiary/aromatic N) is 1. The second kappa shape index (κ2) is 5.95. The number of piperidine rings is 1. The molecule has 0 saturated carbocycles. The maximum atomic E-state index is 12.2. The quantitative estimate of drug-likeness (QED) is 0.804. The van der Waals surface area contributed by atoms with Crippen LogP contribution in [0.3, 0.4) is 0 Å². The van der Waals surface area contributed by atoms with Crippen molar-refractivity contribution >= 4 is 11.7 Å². The molecule has 4 nitrogen and oxygen atoms in total. The molecule has 104 valence electrons. The highest BCUT2D eigenvalue weighted by atomic mass is 16.2. The largest absolute Gasteiger partial charge is 0.399 e. The zero-order valence-corrected chi connectivity index (χ0v) is 11.7. The van der Waals surface area contributed by atoms with Gasteiger partial charge in [-0.3, -0.25) is 0 Å². The third-order valence-corrected chi connectivity index (χ3v) is 3.50. The van der Waals surface area contributed by atoms with Crippen molar-refractivity contribution in [3.63, 3.8) is 0 Å². The molecule has 0 bridgehead atoms. The molecule has 0 radical (unpaired) electrons. The summed E-state index contributed by atoms with van der Waals surface area (Å²) in [5.41, 5.74) is 7.66. The minimum Gasteiger partial charge on any atom is -0.399 e. The number of nitrogens with two attached hydrogens (primary N) is 1. The van der Waals surface area contributed by atoms with Crippen LogP contribution >= 0.6 is 0 Å². The molecule has 1 heterocycles. The Morgan fingerprint density at radius 3 is 2.63 bits per heavy atom. The second-order valence-electron chi connectivity index (χ2n) is 5.48. The molecule has 19 heavy (non-hydrogen) atoms. The average Bonchev–Trinajstić information content (AvgIpc) is 2.39. The smallest absolute Gasteiger partial charge is 0.318 e. The van der Waals surface area contributed by atoms with E-state index < -0.39 is 0 Å². The van der Waals surface area contributed by atoms with Crippen LogP contribution in [0.4, 0.5) is 10.5 Å². The van der Waals surface area contributed by atoms with Gasteiger partial charge >= 0.3 is 6.03 Å². The number of likely N-dealkylation sites (tertiary alicyclic amines) is 1. The van der Waals surface area contributed by atoms with E-state index >= 15 is 0 Å². The normalized spacial score (nSPS) is 19.5. The number of urea groups is 1. The Balaban J connectivity index is 2.15. The van der Waals surface area contributed by atoms with Crippen molar-refractivity contribution in [1.29, 1.82) is 0 Å². The van der Waals surface area contributed by atoms with E-state index in [1.54, 1.807) is 0 Å². The van der Waals surface area contributed by atoms with Gasteiger partial charge in [0.1, 0.15) is 0 Å². The first-order valence-corrected chi connectivity index (χ1v) is 7.00. The molecule has 1 unspecified atom stereocenters. The molecule has 1 atom stereocenters. The Labute approximate surface area is 115 Å². The van der Waals surface area contributed by atoms with Gasteiger partial charge in [-0.25, -0.2) is 4.79 Å². The first-order chi connectivity index (χ1) is 9.08. The highest BCUT2D eigenvalue weighted by molar-refractivity contribution is 5.75. The Bertz CT molecular complexity index is 428. The summed E-state index contributed by atoms with van der Waals surface area (Å²) >= 11 is 0. The van der Waals surface area contributed by atoms with Gasteiger partial charge in [0.2, 0.25) is 0 Å². The van der Waals surface area contributed by atoms with Crippen LogP contribution in [0, 0.1) is 0 Å². The van der Waals surface area contributed by atoms with Crippen LogP contribution < -0.4 is 11.1 Å². The molecule has 2 rings (SSSR count). The molecule has 0 aliphatic carbocycles. The van der Waals surface area contributed by atoms with Crippen LogP contribution in [0.1, 0.15) is 44.7 Å². The minimum atomic E-state index is 0.0384. The summed E-state index contributed by atoms with van der Waals surface area (Å²) in [7, 11) is 0. The number of benzene rings is 1. The lowest BCUT2D eigenvalue weighted by Crippen LogP contribution is -2.46. The monoisotopic (exact) mass is 261 g/mol. The molecule has 1 aromatic carbocycles. The molecule has 2 amide bonds. The van der Waals surface area contributed by atoms with Crippen molar-refractivity contribution in [3.05, 3.63) is 29.8 Å². The van der Waals surface area contributed by atoms with Crippen molar-refractivity contribution in [2.45, 2.75) is 45.2 Å². The molecule has 1 aliphatic heterocycles. The van der Waals surface area contributed by atoms with Gasteiger partial charge in [-0.15, -0.1) is 0 Å². The van der Waals surface area contributed by atoms with E-state index in [0.29, 0.717) is 0 Å². The van der Waals surface area contributed by atoms with E-state index in [1.807, 2.05) is 43.0 Å². The molecule has 4 heteroatoms. The van der Waals surface area contributed by atoms with Crippen LogP contribution in [0.2, 0.25) is 0 Å². The number of rotatable bonds is 2. The summed E-state index contributed by atoms with van der Waals surface area (Å²) in [6.07, 6.45) is 3.27. The number of hydrogen-bond donors (Lipinski definition) is 2. The van der Waals surface area contributed by atoms with Gasteiger partial charge in [0.25, 0.3) is 0 Å². The van der Waals surface area contributed by atoms with Crippen LogP contribution in [0.15, 0.2) is 24.3 Å². The SMILES string of the molecule is CC(C)NC(=O)N1CCCCC1c1ccc(N)cc1. The predicted octanol–water partition coefficient (Wildman–Crippen LogP) is 2.91. The summed E-state index contributed by atoms with van der Waals surface area (Å²) in [5, 5.41) is 2.99. The maximum Gasteiger partial charge on any atom is 0.318 e. The van der Waals surface area contributed by atoms with E-state index in [-0.39, 0.29) is 18.1 Å². The highest BCUT2D eigenvalue weighted by Crippen LogP contribution is 2.31. The first-order valence-electron chi connectivity index (χ1n) is 7.00. The van der Waals surface area contributed by atoms with Gasteiger partial charge in [0.15, 0.2) is 0 Å². The van der Waals surface area contributed by atoms with E-state index in [9.17, 15) is 4.79 Å². The number of carbonyl (C=O) groups excluding carboxylic acids is 1. The third kappa shape index (κ3) is 3.40. The van der Waals surface area contributed by atoms with Crippen molar-refractivity contribution in [2.24, 2.45) is 0 Å². The molecule has 0 spiro atoms. The molecular weight excluding hydrogens is 238 g/mol. The van der Waals surface area contributed by atoms with Crippen molar-refractivity contribution < 1.29 is 4.79 Å². The van der Waals surface area contributed by atoms with E-state index in [1.165, 1.54) is 12.0 Å². The molecule has 3 N–H and O–H groups in total. The molecule has 1 aliphatic rings. The van der Waals surface area contributed by atoms with Crippen LogP contribution in [-0.4, -0.2) is 23.5 Å². The van der Waals surface area contributed by atoms with E-state index in [0.717, 1.165) is 25.1 Å². The Morgan fingerprint density at radius 1 is 1.32 bits per heavy atom. The van der Waals surface area contributed by atoms with Gasteiger partial charge in [-0.05, 0) is 50.8 Å². The lowest BCUT2D eigenvalue weighted by atomic mass is 9.95. The van der Waals surface area contributed by atoms with Gasteiger partial charge in [-0.2, -0.15) is 0 Å². The number of hydrogen-bond acceptors (Lipinski definition) is 2. The fraction of sp³-hybridized carbons (Fsp3) is 0.533. The Kier molecular flexibility index (Phi) is 4.30. The van der Waals surface area contributed by atoms with Crippen molar-refractivity contribution in [1.82, 2.24) is 10.2 Å². The first kappa shape index (κ1) is 13.7. The van der Waals surface area contributed by atoms with Gasteiger partial charge < -0.3 is 16.0 Å². The van der Waals surface area contributed by atoms with Gasteiger partial charge in [-0.1, -0.05) is 12.1 Å². The zero-order valence-electron chi connectivity index (χ0n) is 11.7.